The first kappa shape index (κ1) is 28.0. The minimum atomic E-state index is -4.01. The Morgan fingerprint density at radius 1 is 1.08 bits per heavy atom. The van der Waals surface area contributed by atoms with Gasteiger partial charge in [0.05, 0.1) is 22.0 Å². The van der Waals surface area contributed by atoms with E-state index >= 15 is 0 Å². The van der Waals surface area contributed by atoms with Crippen LogP contribution in [-0.2, 0) is 14.8 Å². The van der Waals surface area contributed by atoms with E-state index in [1.54, 1.807) is 31.2 Å². The highest BCUT2D eigenvalue weighted by molar-refractivity contribution is 7.92. The third kappa shape index (κ3) is 7.00. The molecule has 0 aliphatic rings. The summed E-state index contributed by atoms with van der Waals surface area (Å²) in [6.07, 6.45) is 1.41. The Hall–Kier alpha value is -3.61. The monoisotopic (exact) mass is 563 g/mol. The molecule has 0 aliphatic carbocycles. The van der Waals surface area contributed by atoms with Crippen molar-refractivity contribution in [1.29, 1.82) is 0 Å². The van der Waals surface area contributed by atoms with Crippen LogP contribution in [0.15, 0.2) is 52.7 Å². The summed E-state index contributed by atoms with van der Waals surface area (Å²) in [5.41, 5.74) is 1.90. The summed E-state index contributed by atoms with van der Waals surface area (Å²) in [6.45, 7) is 4.52. The quantitative estimate of drug-likeness (QED) is 0.259. The number of halogens is 1. The third-order valence-electron chi connectivity index (χ3n) is 5.12. The number of anilines is 4. The minimum Gasteiger partial charge on any atom is -0.385 e. The van der Waals surface area contributed by atoms with Crippen molar-refractivity contribution >= 4 is 74.1 Å². The Morgan fingerprint density at radius 2 is 1.81 bits per heavy atom. The predicted molar refractivity (Wildman–Crippen MR) is 147 cm³/mol. The van der Waals surface area contributed by atoms with Gasteiger partial charge in [0.15, 0.2) is 0 Å². The number of carbonyl (C=O) groups excluding carboxylic acids is 3. The summed E-state index contributed by atoms with van der Waals surface area (Å²) in [5, 5.41) is 8.31. The fraction of sp³-hybridized carbons (Fsp3) is 0.208. The van der Waals surface area contributed by atoms with E-state index in [-0.39, 0.29) is 20.5 Å². The molecule has 0 unspecified atom stereocenters. The second-order valence-electron chi connectivity index (χ2n) is 7.90. The van der Waals surface area contributed by atoms with Crippen LogP contribution >= 0.6 is 22.9 Å². The van der Waals surface area contributed by atoms with Crippen molar-refractivity contribution in [3.05, 3.63) is 64.0 Å². The Morgan fingerprint density at radius 3 is 2.43 bits per heavy atom. The van der Waals surface area contributed by atoms with E-state index in [1.165, 1.54) is 36.2 Å². The van der Waals surface area contributed by atoms with Gasteiger partial charge in [-0.1, -0.05) is 18.5 Å². The zero-order valence-corrected chi connectivity index (χ0v) is 22.7. The number of urea groups is 1. The minimum absolute atomic E-state index is 0.0197. The molecule has 10 nitrogen and oxygen atoms in total. The SMILES string of the molecule is CCCNc1ccc(C(=O)N(C)c2ccc(NC(=O)NS(=O)(=O)c3ccc(C)s3)cc2Cl)c(NC=O)c1. The van der Waals surface area contributed by atoms with Crippen molar-refractivity contribution < 1.29 is 22.8 Å². The van der Waals surface area contributed by atoms with E-state index in [0.29, 0.717) is 17.8 Å². The number of hydrogen-bond donors (Lipinski definition) is 4. The molecular weight excluding hydrogens is 538 g/mol. The van der Waals surface area contributed by atoms with E-state index in [9.17, 15) is 22.8 Å². The first-order valence-corrected chi connectivity index (χ1v) is 13.8. The van der Waals surface area contributed by atoms with E-state index < -0.39 is 22.0 Å². The molecule has 0 saturated carbocycles. The lowest BCUT2D eigenvalue weighted by atomic mass is 10.1. The molecule has 2 aromatic carbocycles. The highest BCUT2D eigenvalue weighted by Crippen LogP contribution is 2.31. The van der Waals surface area contributed by atoms with Crippen LogP contribution in [0, 0.1) is 6.92 Å². The number of amides is 4. The lowest BCUT2D eigenvalue weighted by Gasteiger charge is -2.21. The van der Waals surface area contributed by atoms with Crippen LogP contribution in [0.1, 0.15) is 28.6 Å². The molecule has 1 heterocycles. The number of nitrogens with one attached hydrogen (secondary N) is 4. The molecule has 0 aliphatic heterocycles. The predicted octanol–water partition coefficient (Wildman–Crippen LogP) is 4.89. The second-order valence-corrected chi connectivity index (χ2v) is 11.5. The van der Waals surface area contributed by atoms with Crippen molar-refractivity contribution in [2.45, 2.75) is 24.5 Å². The molecule has 0 spiro atoms. The smallest absolute Gasteiger partial charge is 0.333 e. The molecule has 0 fully saturated rings. The van der Waals surface area contributed by atoms with Crippen LogP contribution in [0.4, 0.5) is 27.5 Å². The van der Waals surface area contributed by atoms with Gasteiger partial charge in [-0.05, 0) is 61.9 Å². The van der Waals surface area contributed by atoms with Crippen molar-refractivity contribution in [2.24, 2.45) is 0 Å². The average Bonchev–Trinajstić information content (AvgIpc) is 3.29. The van der Waals surface area contributed by atoms with Gasteiger partial charge in [0.2, 0.25) is 6.41 Å². The van der Waals surface area contributed by atoms with Gasteiger partial charge in [-0.3, -0.25) is 9.59 Å². The van der Waals surface area contributed by atoms with Crippen LogP contribution in [0.25, 0.3) is 0 Å². The number of nitrogens with zero attached hydrogens (tertiary/aromatic N) is 1. The van der Waals surface area contributed by atoms with Gasteiger partial charge in [0.1, 0.15) is 4.21 Å². The number of aryl methyl sites for hydroxylation is 1. The highest BCUT2D eigenvalue weighted by atomic mass is 35.5. The zero-order valence-electron chi connectivity index (χ0n) is 20.3. The van der Waals surface area contributed by atoms with E-state index in [1.807, 2.05) is 11.6 Å². The van der Waals surface area contributed by atoms with Gasteiger partial charge in [-0.2, -0.15) is 0 Å². The number of carbonyl (C=O) groups is 3. The van der Waals surface area contributed by atoms with Crippen LogP contribution in [0.3, 0.4) is 0 Å². The van der Waals surface area contributed by atoms with Gasteiger partial charge in [-0.25, -0.2) is 17.9 Å². The van der Waals surface area contributed by atoms with Gasteiger partial charge in [0, 0.05) is 29.8 Å². The fourth-order valence-corrected chi connectivity index (χ4v) is 5.82. The third-order valence-corrected chi connectivity index (χ3v) is 8.25. The van der Waals surface area contributed by atoms with Crippen LogP contribution in [0.5, 0.6) is 0 Å². The van der Waals surface area contributed by atoms with Gasteiger partial charge < -0.3 is 20.9 Å². The molecule has 37 heavy (non-hydrogen) atoms. The zero-order chi connectivity index (χ0) is 27.2. The topological polar surface area (TPSA) is 137 Å². The molecule has 1 aromatic heterocycles. The molecule has 4 amide bonds. The fourth-order valence-electron chi connectivity index (χ4n) is 3.33. The lowest BCUT2D eigenvalue weighted by Crippen LogP contribution is -2.34. The molecule has 13 heteroatoms. The van der Waals surface area contributed by atoms with Crippen molar-refractivity contribution in [2.75, 3.05) is 34.4 Å². The van der Waals surface area contributed by atoms with Crippen molar-refractivity contribution in [1.82, 2.24) is 4.72 Å². The van der Waals surface area contributed by atoms with Crippen LogP contribution in [0.2, 0.25) is 5.02 Å². The van der Waals surface area contributed by atoms with Crippen molar-refractivity contribution in [3.8, 4) is 0 Å². The number of sulfonamides is 1. The Bertz CT molecular complexity index is 1420. The first-order chi connectivity index (χ1) is 17.6. The molecule has 4 N–H and O–H groups in total. The Labute approximate surface area is 224 Å². The molecule has 3 rings (SSSR count). The van der Waals surface area contributed by atoms with E-state index in [2.05, 4.69) is 16.0 Å². The normalized spacial score (nSPS) is 10.9. The molecule has 0 atom stereocenters. The Kier molecular flexibility index (Phi) is 9.14. The first-order valence-electron chi connectivity index (χ1n) is 11.1. The summed E-state index contributed by atoms with van der Waals surface area (Å²) in [5.74, 6) is -0.427. The number of thiophene rings is 1. The summed E-state index contributed by atoms with van der Waals surface area (Å²) in [7, 11) is -2.49. The maximum absolute atomic E-state index is 13.2. The summed E-state index contributed by atoms with van der Waals surface area (Å²) in [6, 6.07) is 11.5. The summed E-state index contributed by atoms with van der Waals surface area (Å²) >= 11 is 7.43. The standard InChI is InChI=1S/C24H26ClN5O5S2/c1-4-11-26-16-6-8-18(20(13-16)27-14-31)23(32)30(3)21-9-7-17(12-19(21)25)28-24(33)29-37(34,35)22-10-5-15(2)36-22/h5-10,12-14,26H,4,11H2,1-3H3,(H,27,31)(H2,28,29,33). The average molecular weight is 564 g/mol. The van der Waals surface area contributed by atoms with Gasteiger partial charge >= 0.3 is 6.03 Å². The molecule has 0 saturated heterocycles. The molecule has 3 aromatic rings. The van der Waals surface area contributed by atoms with Crippen LogP contribution in [-0.4, -0.2) is 40.4 Å². The van der Waals surface area contributed by atoms with Gasteiger partial charge in [-0.15, -0.1) is 11.3 Å². The van der Waals surface area contributed by atoms with Crippen molar-refractivity contribution in [3.63, 3.8) is 0 Å². The number of rotatable bonds is 10. The number of hydrogen-bond acceptors (Lipinski definition) is 7. The summed E-state index contributed by atoms with van der Waals surface area (Å²) in [4.78, 5) is 38.7. The molecule has 0 radical (unpaired) electrons. The van der Waals surface area contributed by atoms with Gasteiger partial charge in [0.25, 0.3) is 15.9 Å². The van der Waals surface area contributed by atoms with E-state index in [4.69, 9.17) is 11.6 Å². The maximum atomic E-state index is 13.2. The van der Waals surface area contributed by atoms with E-state index in [0.717, 1.165) is 34.9 Å². The summed E-state index contributed by atoms with van der Waals surface area (Å²) < 4.78 is 26.7. The highest BCUT2D eigenvalue weighted by Gasteiger charge is 2.22. The largest absolute Gasteiger partial charge is 0.385 e. The molecule has 196 valence electrons. The second kappa shape index (κ2) is 12.1. The molecular formula is C24H26ClN5O5S2. The molecule has 0 bridgehead atoms. The lowest BCUT2D eigenvalue weighted by molar-refractivity contribution is -0.105. The van der Waals surface area contributed by atoms with Crippen LogP contribution < -0.4 is 25.6 Å². The Balaban J connectivity index is 1.75. The maximum Gasteiger partial charge on any atom is 0.333 e. The number of benzene rings is 2.